The highest BCUT2D eigenvalue weighted by atomic mass is 16.7. The SMILES string of the molecule is CN(C)/C=C/C(=O)C1COC(C)(C)O1. The molecule has 0 N–H and O–H groups in total. The Morgan fingerprint density at radius 2 is 2.14 bits per heavy atom. The van der Waals surface area contributed by atoms with Gasteiger partial charge >= 0.3 is 0 Å². The van der Waals surface area contributed by atoms with E-state index < -0.39 is 11.9 Å². The number of carbonyl (C=O) groups is 1. The van der Waals surface area contributed by atoms with Crippen molar-refractivity contribution in [3.63, 3.8) is 0 Å². The molecular weight excluding hydrogens is 182 g/mol. The van der Waals surface area contributed by atoms with Crippen molar-refractivity contribution in [1.82, 2.24) is 4.90 Å². The molecule has 0 aromatic rings. The third-order valence-electron chi connectivity index (χ3n) is 1.86. The van der Waals surface area contributed by atoms with Gasteiger partial charge < -0.3 is 14.4 Å². The van der Waals surface area contributed by atoms with Gasteiger partial charge in [0, 0.05) is 20.3 Å². The summed E-state index contributed by atoms with van der Waals surface area (Å²) in [5, 5.41) is 0. The first-order valence-electron chi connectivity index (χ1n) is 4.61. The molecule has 0 aliphatic carbocycles. The highest BCUT2D eigenvalue weighted by molar-refractivity contribution is 5.93. The van der Waals surface area contributed by atoms with E-state index in [-0.39, 0.29) is 5.78 Å². The van der Waals surface area contributed by atoms with Gasteiger partial charge in [-0.05, 0) is 19.9 Å². The van der Waals surface area contributed by atoms with Crippen LogP contribution in [0, 0.1) is 0 Å². The van der Waals surface area contributed by atoms with E-state index in [1.807, 2.05) is 14.1 Å². The van der Waals surface area contributed by atoms with E-state index in [2.05, 4.69) is 0 Å². The van der Waals surface area contributed by atoms with Gasteiger partial charge in [-0.1, -0.05) is 0 Å². The van der Waals surface area contributed by atoms with Crippen LogP contribution in [-0.2, 0) is 14.3 Å². The molecule has 1 aliphatic rings. The molecule has 1 atom stereocenters. The highest BCUT2D eigenvalue weighted by Crippen LogP contribution is 2.22. The number of hydrogen-bond acceptors (Lipinski definition) is 4. The average molecular weight is 199 g/mol. The topological polar surface area (TPSA) is 38.8 Å². The van der Waals surface area contributed by atoms with Crippen LogP contribution in [0.15, 0.2) is 12.3 Å². The zero-order valence-corrected chi connectivity index (χ0v) is 9.11. The molecular formula is C10H17NO3. The second-order valence-corrected chi connectivity index (χ2v) is 4.00. The molecule has 1 aliphatic heterocycles. The maximum Gasteiger partial charge on any atom is 0.188 e. The summed E-state index contributed by atoms with van der Waals surface area (Å²) in [5.74, 6) is -0.684. The summed E-state index contributed by atoms with van der Waals surface area (Å²) in [6.07, 6.45) is 2.76. The minimum absolute atomic E-state index is 0.0516. The number of ketones is 1. The average Bonchev–Trinajstić information content (AvgIpc) is 2.41. The highest BCUT2D eigenvalue weighted by Gasteiger charge is 2.35. The monoisotopic (exact) mass is 199 g/mol. The van der Waals surface area contributed by atoms with E-state index in [1.54, 1.807) is 24.9 Å². The lowest BCUT2D eigenvalue weighted by Gasteiger charge is -2.15. The van der Waals surface area contributed by atoms with E-state index >= 15 is 0 Å². The third-order valence-corrected chi connectivity index (χ3v) is 1.86. The Morgan fingerprint density at radius 3 is 2.57 bits per heavy atom. The van der Waals surface area contributed by atoms with Gasteiger partial charge in [-0.2, -0.15) is 0 Å². The van der Waals surface area contributed by atoms with Gasteiger partial charge in [0.25, 0.3) is 0 Å². The van der Waals surface area contributed by atoms with Crippen LogP contribution >= 0.6 is 0 Å². The number of hydrogen-bond donors (Lipinski definition) is 0. The molecule has 0 amide bonds. The van der Waals surface area contributed by atoms with Crippen LogP contribution in [-0.4, -0.2) is 43.3 Å². The summed E-state index contributed by atoms with van der Waals surface area (Å²) in [6.45, 7) is 3.94. The summed E-state index contributed by atoms with van der Waals surface area (Å²) in [6, 6.07) is 0. The van der Waals surface area contributed by atoms with Crippen LogP contribution in [0.2, 0.25) is 0 Å². The lowest BCUT2D eigenvalue weighted by atomic mass is 10.2. The number of rotatable bonds is 3. The summed E-state index contributed by atoms with van der Waals surface area (Å²) >= 11 is 0. The second kappa shape index (κ2) is 4.11. The fourth-order valence-electron chi connectivity index (χ4n) is 1.16. The normalized spacial score (nSPS) is 25.6. The van der Waals surface area contributed by atoms with Crippen LogP contribution in [0.4, 0.5) is 0 Å². The first kappa shape index (κ1) is 11.2. The molecule has 1 saturated heterocycles. The van der Waals surface area contributed by atoms with Gasteiger partial charge in [0.05, 0.1) is 6.61 Å². The number of nitrogens with zero attached hydrogens (tertiary/aromatic N) is 1. The minimum atomic E-state index is -0.633. The van der Waals surface area contributed by atoms with Crippen LogP contribution in [0.25, 0.3) is 0 Å². The quantitative estimate of drug-likeness (QED) is 0.630. The Hall–Kier alpha value is -0.870. The molecule has 4 heteroatoms. The number of carbonyl (C=O) groups excluding carboxylic acids is 1. The Bertz CT molecular complexity index is 246. The fourth-order valence-corrected chi connectivity index (χ4v) is 1.16. The zero-order valence-electron chi connectivity index (χ0n) is 9.11. The second-order valence-electron chi connectivity index (χ2n) is 4.00. The van der Waals surface area contributed by atoms with E-state index in [0.717, 1.165) is 0 Å². The molecule has 4 nitrogen and oxygen atoms in total. The van der Waals surface area contributed by atoms with Crippen LogP contribution in [0.5, 0.6) is 0 Å². The molecule has 1 rings (SSSR count). The first-order valence-corrected chi connectivity index (χ1v) is 4.61. The van der Waals surface area contributed by atoms with Crippen molar-refractivity contribution in [3.8, 4) is 0 Å². The lowest BCUT2D eigenvalue weighted by molar-refractivity contribution is -0.149. The third kappa shape index (κ3) is 3.12. The van der Waals surface area contributed by atoms with Gasteiger partial charge in [0.1, 0.15) is 6.10 Å². The summed E-state index contributed by atoms with van der Waals surface area (Å²) in [7, 11) is 3.72. The van der Waals surface area contributed by atoms with E-state index in [0.29, 0.717) is 6.61 Å². The van der Waals surface area contributed by atoms with E-state index in [1.165, 1.54) is 6.08 Å². The smallest absolute Gasteiger partial charge is 0.188 e. The lowest BCUT2D eigenvalue weighted by Crippen LogP contribution is -2.25. The largest absolute Gasteiger partial charge is 0.383 e. The Kier molecular flexibility index (Phi) is 3.29. The summed E-state index contributed by atoms with van der Waals surface area (Å²) in [4.78, 5) is 13.3. The van der Waals surface area contributed by atoms with Crippen LogP contribution in [0.1, 0.15) is 13.8 Å². The van der Waals surface area contributed by atoms with E-state index in [9.17, 15) is 4.79 Å². The van der Waals surface area contributed by atoms with Crippen molar-refractivity contribution < 1.29 is 14.3 Å². The summed E-state index contributed by atoms with van der Waals surface area (Å²) < 4.78 is 10.7. The molecule has 0 bridgehead atoms. The molecule has 0 aromatic carbocycles. The zero-order chi connectivity index (χ0) is 10.8. The molecule has 14 heavy (non-hydrogen) atoms. The predicted octanol–water partition coefficient (Wildman–Crippen LogP) is 0.782. The maximum atomic E-state index is 11.5. The molecule has 0 radical (unpaired) electrons. The molecule has 1 heterocycles. The summed E-state index contributed by atoms with van der Waals surface area (Å²) in [5.41, 5.74) is 0. The Balaban J connectivity index is 2.48. The van der Waals surface area contributed by atoms with Crippen LogP contribution < -0.4 is 0 Å². The van der Waals surface area contributed by atoms with E-state index in [4.69, 9.17) is 9.47 Å². The van der Waals surface area contributed by atoms with Crippen molar-refractivity contribution in [3.05, 3.63) is 12.3 Å². The first-order chi connectivity index (χ1) is 6.41. The van der Waals surface area contributed by atoms with Crippen molar-refractivity contribution in [2.75, 3.05) is 20.7 Å². The van der Waals surface area contributed by atoms with Gasteiger partial charge in [0.15, 0.2) is 11.6 Å². The van der Waals surface area contributed by atoms with Crippen molar-refractivity contribution in [2.24, 2.45) is 0 Å². The van der Waals surface area contributed by atoms with Gasteiger partial charge in [0.2, 0.25) is 0 Å². The molecule has 1 fully saturated rings. The molecule has 1 unspecified atom stereocenters. The number of ether oxygens (including phenoxy) is 2. The van der Waals surface area contributed by atoms with Crippen molar-refractivity contribution in [1.29, 1.82) is 0 Å². The Labute approximate surface area is 84.5 Å². The van der Waals surface area contributed by atoms with Gasteiger partial charge in [-0.3, -0.25) is 4.79 Å². The van der Waals surface area contributed by atoms with Gasteiger partial charge in [-0.25, -0.2) is 0 Å². The maximum absolute atomic E-state index is 11.5. The minimum Gasteiger partial charge on any atom is -0.383 e. The van der Waals surface area contributed by atoms with Crippen LogP contribution in [0.3, 0.4) is 0 Å². The predicted molar refractivity (Wildman–Crippen MR) is 52.7 cm³/mol. The van der Waals surface area contributed by atoms with Crippen molar-refractivity contribution in [2.45, 2.75) is 25.7 Å². The fraction of sp³-hybridized carbons (Fsp3) is 0.700. The molecule has 0 saturated carbocycles. The molecule has 80 valence electrons. The molecule has 0 aromatic heterocycles. The van der Waals surface area contributed by atoms with Gasteiger partial charge in [-0.15, -0.1) is 0 Å². The molecule has 0 spiro atoms. The Morgan fingerprint density at radius 1 is 1.50 bits per heavy atom. The standard InChI is InChI=1S/C10H17NO3/c1-10(2)13-7-9(14-10)8(12)5-6-11(3)4/h5-6,9H,7H2,1-4H3/b6-5+. The van der Waals surface area contributed by atoms with Crippen molar-refractivity contribution >= 4 is 5.78 Å².